The lowest BCUT2D eigenvalue weighted by Crippen LogP contribution is -2.50. The molecule has 1 rings (SSSR count). The van der Waals surface area contributed by atoms with Crippen molar-refractivity contribution in [1.29, 1.82) is 0 Å². The van der Waals surface area contributed by atoms with E-state index in [-0.39, 0.29) is 6.10 Å². The van der Waals surface area contributed by atoms with Crippen LogP contribution >= 0.6 is 0 Å². The smallest absolute Gasteiger partial charge is 0.0636 e. The van der Waals surface area contributed by atoms with E-state index >= 15 is 0 Å². The van der Waals surface area contributed by atoms with Crippen LogP contribution in [0, 0.1) is 0 Å². The molecule has 1 aliphatic heterocycles. The molecule has 3 heteroatoms. The molecule has 90 valence electrons. The number of piperidine rings is 1. The van der Waals surface area contributed by atoms with Crippen LogP contribution in [0.3, 0.4) is 0 Å². The molecule has 3 nitrogen and oxygen atoms in total. The first kappa shape index (κ1) is 12.9. The second kappa shape index (κ2) is 5.28. The quantitative estimate of drug-likeness (QED) is 0.741. The number of aliphatic hydroxyl groups excluding tert-OH is 1. The number of hydrogen-bond donors (Lipinski definition) is 2. The molecule has 15 heavy (non-hydrogen) atoms. The molecule has 0 aromatic heterocycles. The van der Waals surface area contributed by atoms with E-state index in [1.165, 1.54) is 25.9 Å². The second-order valence-electron chi connectivity index (χ2n) is 5.69. The number of nitrogens with zero attached hydrogens (tertiary/aromatic N) is 1. The summed E-state index contributed by atoms with van der Waals surface area (Å²) < 4.78 is 0. The summed E-state index contributed by atoms with van der Waals surface area (Å²) in [4.78, 5) is 2.54. The van der Waals surface area contributed by atoms with Gasteiger partial charge in [0, 0.05) is 31.2 Å². The van der Waals surface area contributed by atoms with Gasteiger partial charge >= 0.3 is 0 Å². The fraction of sp³-hybridized carbons (Fsp3) is 1.00. The van der Waals surface area contributed by atoms with Crippen molar-refractivity contribution in [3.05, 3.63) is 0 Å². The summed E-state index contributed by atoms with van der Waals surface area (Å²) >= 11 is 0. The fourth-order valence-corrected chi connectivity index (χ4v) is 2.09. The molecule has 0 amide bonds. The molecular weight excluding hydrogens is 188 g/mol. The number of nitrogens with one attached hydrogen (secondary N) is 1. The summed E-state index contributed by atoms with van der Waals surface area (Å²) in [6, 6.07) is 0.596. The van der Waals surface area contributed by atoms with Crippen molar-refractivity contribution >= 4 is 0 Å². The Hall–Kier alpha value is -0.120. The number of likely N-dealkylation sites (tertiary alicyclic amines) is 1. The summed E-state index contributed by atoms with van der Waals surface area (Å²) in [7, 11) is 0. The summed E-state index contributed by atoms with van der Waals surface area (Å²) in [6.45, 7) is 11.7. The Morgan fingerprint density at radius 3 is 2.27 bits per heavy atom. The minimum atomic E-state index is -0.231. The first-order valence-corrected chi connectivity index (χ1v) is 6.06. The third-order valence-corrected chi connectivity index (χ3v) is 3.15. The van der Waals surface area contributed by atoms with E-state index in [4.69, 9.17) is 0 Å². The zero-order chi connectivity index (χ0) is 11.5. The van der Waals surface area contributed by atoms with Gasteiger partial charge in [0.25, 0.3) is 0 Å². The van der Waals surface area contributed by atoms with E-state index in [1.807, 2.05) is 6.92 Å². The van der Waals surface area contributed by atoms with Crippen LogP contribution in [0.15, 0.2) is 0 Å². The van der Waals surface area contributed by atoms with Crippen molar-refractivity contribution in [3.63, 3.8) is 0 Å². The van der Waals surface area contributed by atoms with Gasteiger partial charge in [-0.05, 0) is 40.5 Å². The SMILES string of the molecule is C[C@H](O)CNC1CCN(C(C)(C)C)CC1. The number of rotatable bonds is 3. The van der Waals surface area contributed by atoms with E-state index < -0.39 is 0 Å². The van der Waals surface area contributed by atoms with Gasteiger partial charge in [0.2, 0.25) is 0 Å². The lowest BCUT2D eigenvalue weighted by atomic mass is 9.98. The molecule has 0 aliphatic carbocycles. The van der Waals surface area contributed by atoms with Crippen molar-refractivity contribution < 1.29 is 5.11 Å². The average molecular weight is 214 g/mol. The summed E-state index contributed by atoms with van der Waals surface area (Å²) in [5.74, 6) is 0. The van der Waals surface area contributed by atoms with Crippen LogP contribution in [0.4, 0.5) is 0 Å². The first-order chi connectivity index (χ1) is 6.89. The van der Waals surface area contributed by atoms with Crippen molar-refractivity contribution in [2.75, 3.05) is 19.6 Å². The number of aliphatic hydroxyl groups is 1. The molecule has 0 spiro atoms. The van der Waals surface area contributed by atoms with Gasteiger partial charge in [-0.2, -0.15) is 0 Å². The summed E-state index contributed by atoms with van der Waals surface area (Å²) in [6.07, 6.45) is 2.17. The molecule has 0 aromatic carbocycles. The van der Waals surface area contributed by atoms with Gasteiger partial charge in [0.1, 0.15) is 0 Å². The Bertz CT molecular complexity index is 179. The Balaban J connectivity index is 2.24. The lowest BCUT2D eigenvalue weighted by molar-refractivity contribution is 0.0919. The molecule has 0 aromatic rings. The van der Waals surface area contributed by atoms with Crippen LogP contribution in [0.1, 0.15) is 40.5 Å². The molecule has 1 heterocycles. The Kier molecular flexibility index (Phi) is 4.56. The van der Waals surface area contributed by atoms with E-state index in [2.05, 4.69) is 31.0 Å². The predicted octanol–water partition coefficient (Wildman–Crippen LogP) is 1.22. The summed E-state index contributed by atoms with van der Waals surface area (Å²) in [5.41, 5.74) is 0.301. The van der Waals surface area contributed by atoms with Gasteiger partial charge < -0.3 is 10.4 Å². The molecule has 1 fully saturated rings. The highest BCUT2D eigenvalue weighted by Crippen LogP contribution is 2.19. The standard InChI is InChI=1S/C12H26N2O/c1-10(15)9-13-11-5-7-14(8-6-11)12(2,3)4/h10-11,13,15H,5-9H2,1-4H3/t10-/m0/s1. The van der Waals surface area contributed by atoms with E-state index in [1.54, 1.807) is 0 Å². The predicted molar refractivity (Wildman–Crippen MR) is 64.0 cm³/mol. The van der Waals surface area contributed by atoms with Crippen LogP contribution < -0.4 is 5.32 Å². The van der Waals surface area contributed by atoms with E-state index in [9.17, 15) is 5.11 Å². The molecule has 0 bridgehead atoms. The average Bonchev–Trinajstić information content (AvgIpc) is 2.14. The lowest BCUT2D eigenvalue weighted by Gasteiger charge is -2.41. The highest BCUT2D eigenvalue weighted by molar-refractivity contribution is 4.84. The minimum Gasteiger partial charge on any atom is -0.392 e. The zero-order valence-corrected chi connectivity index (χ0v) is 10.6. The van der Waals surface area contributed by atoms with E-state index in [0.717, 1.165) is 6.54 Å². The maximum absolute atomic E-state index is 9.19. The van der Waals surface area contributed by atoms with Gasteiger partial charge in [-0.15, -0.1) is 0 Å². The van der Waals surface area contributed by atoms with Gasteiger partial charge in [-0.3, -0.25) is 4.90 Å². The molecule has 0 unspecified atom stereocenters. The van der Waals surface area contributed by atoms with E-state index in [0.29, 0.717) is 11.6 Å². The monoisotopic (exact) mass is 214 g/mol. The third-order valence-electron chi connectivity index (χ3n) is 3.15. The van der Waals surface area contributed by atoms with Crippen molar-refractivity contribution in [3.8, 4) is 0 Å². The highest BCUT2D eigenvalue weighted by Gasteiger charge is 2.26. The Morgan fingerprint density at radius 1 is 1.33 bits per heavy atom. The van der Waals surface area contributed by atoms with Crippen LogP contribution in [-0.2, 0) is 0 Å². The maximum Gasteiger partial charge on any atom is 0.0636 e. The Morgan fingerprint density at radius 2 is 1.87 bits per heavy atom. The second-order valence-corrected chi connectivity index (χ2v) is 5.69. The van der Waals surface area contributed by atoms with Crippen molar-refractivity contribution in [1.82, 2.24) is 10.2 Å². The van der Waals surface area contributed by atoms with Gasteiger partial charge in [0.15, 0.2) is 0 Å². The normalized spacial score (nSPS) is 23.0. The van der Waals surface area contributed by atoms with Gasteiger partial charge in [-0.25, -0.2) is 0 Å². The van der Waals surface area contributed by atoms with Crippen molar-refractivity contribution in [2.45, 2.75) is 58.2 Å². The van der Waals surface area contributed by atoms with Gasteiger partial charge in [-0.1, -0.05) is 0 Å². The zero-order valence-electron chi connectivity index (χ0n) is 10.6. The molecule has 1 saturated heterocycles. The maximum atomic E-state index is 9.19. The molecule has 1 aliphatic rings. The van der Waals surface area contributed by atoms with Crippen LogP contribution in [0.5, 0.6) is 0 Å². The molecule has 0 radical (unpaired) electrons. The summed E-state index contributed by atoms with van der Waals surface area (Å²) in [5, 5.41) is 12.6. The van der Waals surface area contributed by atoms with Gasteiger partial charge in [0.05, 0.1) is 6.10 Å². The Labute approximate surface area is 93.9 Å². The largest absolute Gasteiger partial charge is 0.392 e. The third kappa shape index (κ3) is 4.49. The van der Waals surface area contributed by atoms with Crippen LogP contribution in [0.25, 0.3) is 0 Å². The van der Waals surface area contributed by atoms with Crippen molar-refractivity contribution in [2.24, 2.45) is 0 Å². The molecular formula is C12H26N2O. The fourth-order valence-electron chi connectivity index (χ4n) is 2.09. The number of hydrogen-bond acceptors (Lipinski definition) is 3. The molecule has 1 atom stereocenters. The minimum absolute atomic E-state index is 0.231. The molecule has 2 N–H and O–H groups in total. The highest BCUT2D eigenvalue weighted by atomic mass is 16.3. The topological polar surface area (TPSA) is 35.5 Å². The first-order valence-electron chi connectivity index (χ1n) is 6.06. The van der Waals surface area contributed by atoms with Crippen LogP contribution in [-0.4, -0.2) is 47.3 Å². The van der Waals surface area contributed by atoms with Crippen LogP contribution in [0.2, 0.25) is 0 Å². The molecule has 0 saturated carbocycles.